The van der Waals surface area contributed by atoms with Crippen LogP contribution < -0.4 is 0 Å². The molecule has 3 nitrogen and oxygen atoms in total. The number of carbonyl (C=O) groups is 1. The molecule has 1 aromatic rings. The van der Waals surface area contributed by atoms with Crippen molar-refractivity contribution >= 4 is 12.0 Å². The lowest BCUT2D eigenvalue weighted by Crippen LogP contribution is -2.38. The highest BCUT2D eigenvalue weighted by Crippen LogP contribution is 2.46. The average Bonchev–Trinajstić information content (AvgIpc) is 2.80. The van der Waals surface area contributed by atoms with E-state index >= 15 is 0 Å². The maximum absolute atomic E-state index is 12.6. The highest BCUT2D eigenvalue weighted by molar-refractivity contribution is 5.71. The molecule has 3 rings (SSSR count). The number of esters is 1. The molecule has 0 bridgehead atoms. The molecule has 0 amide bonds. The van der Waals surface area contributed by atoms with Gasteiger partial charge in [-0.15, -0.1) is 0 Å². The van der Waals surface area contributed by atoms with Crippen LogP contribution in [0.2, 0.25) is 0 Å². The Morgan fingerprint density at radius 2 is 1.69 bits per heavy atom. The third-order valence-corrected chi connectivity index (χ3v) is 8.54. The van der Waals surface area contributed by atoms with Gasteiger partial charge in [-0.3, -0.25) is 0 Å². The van der Waals surface area contributed by atoms with E-state index in [9.17, 15) is 4.79 Å². The zero-order valence-electron chi connectivity index (χ0n) is 23.8. The maximum Gasteiger partial charge on any atom is 0.344 e. The van der Waals surface area contributed by atoms with Gasteiger partial charge in [0.15, 0.2) is 6.61 Å². The second-order valence-electron chi connectivity index (χ2n) is 13.4. The molecule has 1 atom stereocenters. The van der Waals surface area contributed by atoms with Gasteiger partial charge in [-0.25, -0.2) is 4.79 Å². The normalized spacial score (nSPS) is 18.5. The largest absolute Gasteiger partial charge is 0.486 e. The molecule has 0 N–H and O–H groups in total. The van der Waals surface area contributed by atoms with E-state index in [0.717, 1.165) is 37.9 Å². The zero-order valence-corrected chi connectivity index (χ0v) is 23.8. The molecule has 196 valence electrons. The highest BCUT2D eigenvalue weighted by atomic mass is 16.6. The third kappa shape index (κ3) is 7.61. The van der Waals surface area contributed by atoms with Crippen LogP contribution >= 0.6 is 0 Å². The molecule has 1 aromatic carbocycles. The van der Waals surface area contributed by atoms with E-state index in [4.69, 9.17) is 9.47 Å². The number of aryl methyl sites for hydroxylation is 1. The first-order valence-electron chi connectivity index (χ1n) is 14.0. The standard InChI is InChI=1S/C32H50O3/c1-9-31(5,6)28(21-30(2,3)4)25-16-15-24-20-27(18-17-23(24)19-25)34-22-29(33)35-32(7,8)26-13-11-10-12-14-26/h15-16,19-20,26,28H,9-14,17-18,21-22H2,1-8H3. The van der Waals surface area contributed by atoms with Crippen molar-refractivity contribution in [3.05, 3.63) is 40.6 Å². The van der Waals surface area contributed by atoms with Crippen LogP contribution in [0.1, 0.15) is 129 Å². The molecule has 2 aliphatic rings. The highest BCUT2D eigenvalue weighted by Gasteiger charge is 2.35. The van der Waals surface area contributed by atoms with Crippen molar-refractivity contribution in [2.75, 3.05) is 6.61 Å². The molecule has 1 fully saturated rings. The Morgan fingerprint density at radius 3 is 2.31 bits per heavy atom. The molecule has 1 saturated carbocycles. The monoisotopic (exact) mass is 482 g/mol. The minimum Gasteiger partial charge on any atom is -0.486 e. The fourth-order valence-electron chi connectivity index (χ4n) is 5.88. The summed E-state index contributed by atoms with van der Waals surface area (Å²) in [4.78, 5) is 12.6. The number of allylic oxidation sites excluding steroid dienone is 1. The number of hydrogen-bond donors (Lipinski definition) is 0. The van der Waals surface area contributed by atoms with Crippen LogP contribution in [-0.2, 0) is 20.7 Å². The molecule has 0 aliphatic heterocycles. The lowest BCUT2D eigenvalue weighted by molar-refractivity contribution is -0.167. The second-order valence-corrected chi connectivity index (χ2v) is 13.4. The van der Waals surface area contributed by atoms with E-state index in [0.29, 0.717) is 11.8 Å². The van der Waals surface area contributed by atoms with E-state index in [-0.39, 0.29) is 23.4 Å². The average molecular weight is 483 g/mol. The van der Waals surface area contributed by atoms with Gasteiger partial charge >= 0.3 is 5.97 Å². The lowest BCUT2D eigenvalue weighted by atomic mass is 9.66. The number of carbonyl (C=O) groups excluding carboxylic acids is 1. The van der Waals surface area contributed by atoms with Crippen molar-refractivity contribution in [2.24, 2.45) is 16.7 Å². The molecule has 0 heterocycles. The van der Waals surface area contributed by atoms with Crippen LogP contribution in [0.15, 0.2) is 24.0 Å². The molecule has 1 unspecified atom stereocenters. The first kappa shape index (κ1) is 27.8. The summed E-state index contributed by atoms with van der Waals surface area (Å²) < 4.78 is 11.8. The Balaban J connectivity index is 1.65. The Bertz CT molecular complexity index is 894. The van der Waals surface area contributed by atoms with Crippen molar-refractivity contribution in [1.29, 1.82) is 0 Å². The van der Waals surface area contributed by atoms with Gasteiger partial charge < -0.3 is 9.47 Å². The summed E-state index contributed by atoms with van der Waals surface area (Å²) in [5.74, 6) is 1.61. The summed E-state index contributed by atoms with van der Waals surface area (Å²) in [6.07, 6.45) is 12.3. The second kappa shape index (κ2) is 11.1. The SMILES string of the molecule is CCC(C)(C)C(CC(C)(C)C)c1ccc2c(c1)CCC(OCC(=O)OC(C)(C)C1CCCCC1)=C2. The molecule has 35 heavy (non-hydrogen) atoms. The Labute approximate surface area is 215 Å². The summed E-state index contributed by atoms with van der Waals surface area (Å²) in [6.45, 7) is 18.3. The molecule has 0 saturated heterocycles. The minimum absolute atomic E-state index is 0.00620. The summed E-state index contributed by atoms with van der Waals surface area (Å²) in [5, 5.41) is 0. The predicted molar refractivity (Wildman–Crippen MR) is 146 cm³/mol. The number of ether oxygens (including phenoxy) is 2. The van der Waals surface area contributed by atoms with Gasteiger partial charge in [0.25, 0.3) is 0 Å². The fraction of sp³-hybridized carbons (Fsp3) is 0.719. The molecule has 0 radical (unpaired) electrons. The maximum atomic E-state index is 12.6. The Hall–Kier alpha value is -1.77. The van der Waals surface area contributed by atoms with Gasteiger partial charge in [0.05, 0.1) is 5.76 Å². The first-order valence-corrected chi connectivity index (χ1v) is 14.0. The number of benzene rings is 1. The van der Waals surface area contributed by atoms with E-state index in [1.165, 1.54) is 42.4 Å². The molecular formula is C32H50O3. The topological polar surface area (TPSA) is 35.5 Å². The van der Waals surface area contributed by atoms with Gasteiger partial charge in [0.2, 0.25) is 0 Å². The van der Waals surface area contributed by atoms with Crippen molar-refractivity contribution in [2.45, 2.75) is 125 Å². The quantitative estimate of drug-likeness (QED) is 0.330. The van der Waals surface area contributed by atoms with Crippen LogP contribution in [0, 0.1) is 16.7 Å². The smallest absolute Gasteiger partial charge is 0.344 e. The summed E-state index contributed by atoms with van der Waals surface area (Å²) in [6, 6.07) is 6.99. The van der Waals surface area contributed by atoms with Gasteiger partial charge in [0.1, 0.15) is 5.60 Å². The van der Waals surface area contributed by atoms with E-state index in [2.05, 4.69) is 79.7 Å². The Morgan fingerprint density at radius 1 is 1.00 bits per heavy atom. The van der Waals surface area contributed by atoms with Crippen molar-refractivity contribution in [3.63, 3.8) is 0 Å². The minimum atomic E-state index is -0.416. The zero-order chi connectivity index (χ0) is 25.9. The molecule has 0 aromatic heterocycles. The first-order chi connectivity index (χ1) is 16.3. The van der Waals surface area contributed by atoms with E-state index in [1.54, 1.807) is 0 Å². The van der Waals surface area contributed by atoms with Crippen molar-refractivity contribution < 1.29 is 14.3 Å². The van der Waals surface area contributed by atoms with E-state index < -0.39 is 5.60 Å². The van der Waals surface area contributed by atoms with Crippen LogP contribution in [0.3, 0.4) is 0 Å². The summed E-state index contributed by atoms with van der Waals surface area (Å²) >= 11 is 0. The third-order valence-electron chi connectivity index (χ3n) is 8.54. The molecule has 2 aliphatic carbocycles. The predicted octanol–water partition coefficient (Wildman–Crippen LogP) is 8.85. The van der Waals surface area contributed by atoms with Crippen LogP contribution in [-0.4, -0.2) is 18.2 Å². The van der Waals surface area contributed by atoms with Gasteiger partial charge in [-0.05, 0) is 85.0 Å². The van der Waals surface area contributed by atoms with E-state index in [1.807, 2.05) is 0 Å². The number of fused-ring (bicyclic) bond motifs is 1. The molecule has 0 spiro atoms. The fourth-order valence-corrected chi connectivity index (χ4v) is 5.88. The van der Waals surface area contributed by atoms with Crippen LogP contribution in [0.5, 0.6) is 0 Å². The molecule has 3 heteroatoms. The summed E-state index contributed by atoms with van der Waals surface area (Å²) in [5.41, 5.74) is 4.19. The number of rotatable bonds is 9. The Kier molecular flexibility index (Phi) is 8.82. The van der Waals surface area contributed by atoms with Crippen molar-refractivity contribution in [3.8, 4) is 0 Å². The lowest BCUT2D eigenvalue weighted by Gasteiger charge is -2.38. The van der Waals surface area contributed by atoms with Gasteiger partial charge in [-0.2, -0.15) is 0 Å². The number of hydrogen-bond acceptors (Lipinski definition) is 3. The summed E-state index contributed by atoms with van der Waals surface area (Å²) in [7, 11) is 0. The van der Waals surface area contributed by atoms with Gasteiger partial charge in [0, 0.05) is 6.42 Å². The van der Waals surface area contributed by atoms with Crippen molar-refractivity contribution in [1.82, 2.24) is 0 Å². The van der Waals surface area contributed by atoms with Crippen LogP contribution in [0.25, 0.3) is 6.08 Å². The van der Waals surface area contributed by atoms with Crippen LogP contribution in [0.4, 0.5) is 0 Å². The van der Waals surface area contributed by atoms with Gasteiger partial charge in [-0.1, -0.05) is 85.4 Å². The molecular weight excluding hydrogens is 432 g/mol.